The van der Waals surface area contributed by atoms with Crippen LogP contribution in [0, 0.1) is 5.92 Å². The number of rotatable bonds is 6. The van der Waals surface area contributed by atoms with E-state index in [-0.39, 0.29) is 17.6 Å². The molecule has 0 unspecified atom stereocenters. The van der Waals surface area contributed by atoms with Crippen molar-refractivity contribution in [2.75, 3.05) is 5.32 Å². The number of carbonyl (C=O) groups is 3. The molecule has 0 spiro atoms. The van der Waals surface area contributed by atoms with E-state index in [2.05, 4.69) is 5.32 Å². The Morgan fingerprint density at radius 2 is 1.62 bits per heavy atom. The summed E-state index contributed by atoms with van der Waals surface area (Å²) in [4.78, 5) is 37.0. The molecule has 0 aliphatic heterocycles. The molecule has 29 heavy (non-hydrogen) atoms. The Balaban J connectivity index is 1.70. The van der Waals surface area contributed by atoms with Crippen molar-refractivity contribution in [2.24, 2.45) is 13.0 Å². The molecule has 6 heteroatoms. The molecule has 1 heterocycles. The summed E-state index contributed by atoms with van der Waals surface area (Å²) in [6, 6.07) is 14.1. The third kappa shape index (κ3) is 4.37. The number of nitrogens with one attached hydrogen (secondary N) is 1. The van der Waals surface area contributed by atoms with Crippen LogP contribution in [-0.4, -0.2) is 28.3 Å². The number of fused-ring (bicyclic) bond motifs is 1. The fourth-order valence-corrected chi connectivity index (χ4v) is 3.02. The molecule has 1 amide bonds. The highest BCUT2D eigenvalue weighted by Crippen LogP contribution is 2.22. The van der Waals surface area contributed by atoms with Gasteiger partial charge in [0, 0.05) is 41.3 Å². The number of nitrogens with zero attached hydrogens (tertiary/aromatic N) is 1. The number of aromatic nitrogens is 1. The molecule has 0 aliphatic rings. The molecule has 3 rings (SSSR count). The zero-order valence-corrected chi connectivity index (χ0v) is 16.9. The van der Waals surface area contributed by atoms with Crippen LogP contribution in [0.4, 0.5) is 5.69 Å². The molecule has 2 aromatic carbocycles. The average molecular weight is 392 g/mol. The van der Waals surface area contributed by atoms with Crippen molar-refractivity contribution >= 4 is 34.3 Å². The normalized spacial score (nSPS) is 12.0. The molecule has 0 bridgehead atoms. The van der Waals surface area contributed by atoms with Crippen LogP contribution in [0.2, 0.25) is 0 Å². The SMILES string of the molecule is CC(C)C(=O)Nc1ccc(C(=O)[C@H](C)OC(=O)c2cn(C)c3ccccc23)cc1. The first-order valence-corrected chi connectivity index (χ1v) is 9.48. The molecular weight excluding hydrogens is 368 g/mol. The van der Waals surface area contributed by atoms with Crippen LogP contribution in [0.5, 0.6) is 0 Å². The summed E-state index contributed by atoms with van der Waals surface area (Å²) >= 11 is 0. The fourth-order valence-electron chi connectivity index (χ4n) is 3.02. The molecule has 0 fully saturated rings. The van der Waals surface area contributed by atoms with Gasteiger partial charge in [0.25, 0.3) is 0 Å². The molecule has 150 valence electrons. The van der Waals surface area contributed by atoms with Crippen molar-refractivity contribution in [3.63, 3.8) is 0 Å². The third-order valence-electron chi connectivity index (χ3n) is 4.73. The van der Waals surface area contributed by atoms with Crippen molar-refractivity contribution in [2.45, 2.75) is 26.9 Å². The number of ether oxygens (including phenoxy) is 1. The van der Waals surface area contributed by atoms with Gasteiger partial charge < -0.3 is 14.6 Å². The van der Waals surface area contributed by atoms with Crippen LogP contribution in [0.15, 0.2) is 54.7 Å². The van der Waals surface area contributed by atoms with Crippen molar-refractivity contribution in [3.8, 4) is 0 Å². The van der Waals surface area contributed by atoms with Crippen LogP contribution in [-0.2, 0) is 16.6 Å². The summed E-state index contributed by atoms with van der Waals surface area (Å²) in [6.07, 6.45) is 0.772. The summed E-state index contributed by atoms with van der Waals surface area (Å²) in [5.41, 5.74) is 2.36. The fraction of sp³-hybridized carbons (Fsp3) is 0.261. The van der Waals surface area contributed by atoms with Gasteiger partial charge in [0.05, 0.1) is 5.56 Å². The monoisotopic (exact) mass is 392 g/mol. The number of para-hydroxylation sites is 1. The smallest absolute Gasteiger partial charge is 0.341 e. The second-order valence-electron chi connectivity index (χ2n) is 7.30. The summed E-state index contributed by atoms with van der Waals surface area (Å²) in [5.74, 6) is -1.07. The Labute approximate surface area is 169 Å². The lowest BCUT2D eigenvalue weighted by molar-refractivity contribution is -0.118. The second-order valence-corrected chi connectivity index (χ2v) is 7.30. The quantitative estimate of drug-likeness (QED) is 0.504. The minimum absolute atomic E-state index is 0.0959. The van der Waals surface area contributed by atoms with Gasteiger partial charge in [0.2, 0.25) is 11.7 Å². The summed E-state index contributed by atoms with van der Waals surface area (Å²) in [7, 11) is 1.85. The number of Topliss-reactive ketones (excluding diaryl/α,β-unsaturated/α-hetero) is 1. The number of carbonyl (C=O) groups excluding carboxylic acids is 3. The largest absolute Gasteiger partial charge is 0.451 e. The van der Waals surface area contributed by atoms with Crippen LogP contribution in [0.25, 0.3) is 10.9 Å². The lowest BCUT2D eigenvalue weighted by Gasteiger charge is -2.13. The first-order valence-electron chi connectivity index (χ1n) is 9.48. The Hall–Kier alpha value is -3.41. The first kappa shape index (κ1) is 20.3. The molecule has 6 nitrogen and oxygen atoms in total. The zero-order valence-electron chi connectivity index (χ0n) is 16.9. The summed E-state index contributed by atoms with van der Waals surface area (Å²) < 4.78 is 7.28. The lowest BCUT2D eigenvalue weighted by Crippen LogP contribution is -2.24. The molecule has 0 saturated heterocycles. The predicted molar refractivity (Wildman–Crippen MR) is 112 cm³/mol. The first-order chi connectivity index (χ1) is 13.8. The maximum absolute atomic E-state index is 12.7. The molecule has 1 N–H and O–H groups in total. The highest BCUT2D eigenvalue weighted by atomic mass is 16.5. The van der Waals surface area contributed by atoms with Crippen molar-refractivity contribution < 1.29 is 19.1 Å². The molecule has 0 radical (unpaired) electrons. The number of ketones is 1. The third-order valence-corrected chi connectivity index (χ3v) is 4.73. The number of hydrogen-bond donors (Lipinski definition) is 1. The predicted octanol–water partition coefficient (Wildman–Crippen LogP) is 4.20. The van der Waals surface area contributed by atoms with Gasteiger partial charge in [0.15, 0.2) is 6.10 Å². The topological polar surface area (TPSA) is 77.4 Å². The molecule has 1 aromatic heterocycles. The number of amides is 1. The number of benzene rings is 2. The van der Waals surface area contributed by atoms with Gasteiger partial charge in [-0.05, 0) is 37.3 Å². The highest BCUT2D eigenvalue weighted by molar-refractivity contribution is 6.06. The van der Waals surface area contributed by atoms with Gasteiger partial charge >= 0.3 is 5.97 Å². The van der Waals surface area contributed by atoms with Gasteiger partial charge in [0.1, 0.15) is 0 Å². The van der Waals surface area contributed by atoms with E-state index in [0.717, 1.165) is 10.9 Å². The van der Waals surface area contributed by atoms with E-state index < -0.39 is 12.1 Å². The van der Waals surface area contributed by atoms with Gasteiger partial charge in [-0.2, -0.15) is 0 Å². The molecule has 0 aliphatic carbocycles. The minimum atomic E-state index is -0.933. The number of esters is 1. The van der Waals surface area contributed by atoms with Gasteiger partial charge in [-0.25, -0.2) is 4.79 Å². The molecular formula is C23H24N2O4. The van der Waals surface area contributed by atoms with E-state index >= 15 is 0 Å². The molecule has 3 aromatic rings. The van der Waals surface area contributed by atoms with Gasteiger partial charge in [-0.3, -0.25) is 9.59 Å². The Morgan fingerprint density at radius 1 is 0.966 bits per heavy atom. The minimum Gasteiger partial charge on any atom is -0.451 e. The Morgan fingerprint density at radius 3 is 2.28 bits per heavy atom. The maximum Gasteiger partial charge on any atom is 0.341 e. The second kappa shape index (κ2) is 8.31. The number of anilines is 1. The van der Waals surface area contributed by atoms with E-state index in [1.54, 1.807) is 51.2 Å². The number of aryl methyl sites for hydroxylation is 1. The van der Waals surface area contributed by atoms with Crippen LogP contribution in [0.1, 0.15) is 41.5 Å². The zero-order chi connectivity index (χ0) is 21.1. The van der Waals surface area contributed by atoms with E-state index in [1.807, 2.05) is 35.9 Å². The molecule has 0 saturated carbocycles. The average Bonchev–Trinajstić information content (AvgIpc) is 3.05. The maximum atomic E-state index is 12.7. The van der Waals surface area contributed by atoms with Crippen LogP contribution in [0.3, 0.4) is 0 Å². The van der Waals surface area contributed by atoms with Crippen LogP contribution < -0.4 is 5.32 Å². The van der Waals surface area contributed by atoms with E-state index in [9.17, 15) is 14.4 Å². The molecule has 1 atom stereocenters. The lowest BCUT2D eigenvalue weighted by atomic mass is 10.1. The highest BCUT2D eigenvalue weighted by Gasteiger charge is 2.23. The Kier molecular flexibility index (Phi) is 5.82. The van der Waals surface area contributed by atoms with E-state index in [4.69, 9.17) is 4.74 Å². The van der Waals surface area contributed by atoms with Crippen molar-refractivity contribution in [1.29, 1.82) is 0 Å². The Bertz CT molecular complexity index is 1060. The van der Waals surface area contributed by atoms with Crippen molar-refractivity contribution in [1.82, 2.24) is 4.57 Å². The van der Waals surface area contributed by atoms with E-state index in [0.29, 0.717) is 16.8 Å². The standard InChI is InChI=1S/C23H24N2O4/c1-14(2)22(27)24-17-11-9-16(10-12-17)21(26)15(3)29-23(28)19-13-25(4)20-8-6-5-7-18(19)20/h5-15H,1-4H3,(H,24,27)/t15-/m0/s1. The van der Waals surface area contributed by atoms with Crippen LogP contribution >= 0.6 is 0 Å². The van der Waals surface area contributed by atoms with E-state index in [1.165, 1.54) is 0 Å². The van der Waals surface area contributed by atoms with Gasteiger partial charge in [-0.1, -0.05) is 32.0 Å². The number of hydrogen-bond acceptors (Lipinski definition) is 4. The van der Waals surface area contributed by atoms with Gasteiger partial charge in [-0.15, -0.1) is 0 Å². The summed E-state index contributed by atoms with van der Waals surface area (Å²) in [6.45, 7) is 5.16. The van der Waals surface area contributed by atoms with Crippen molar-refractivity contribution in [3.05, 3.63) is 65.9 Å². The summed E-state index contributed by atoms with van der Waals surface area (Å²) in [5, 5.41) is 3.55.